The second-order valence-electron chi connectivity index (χ2n) is 5.24. The zero-order chi connectivity index (χ0) is 13.8. The molecule has 0 aliphatic heterocycles. The Labute approximate surface area is 114 Å². The van der Waals surface area contributed by atoms with Crippen molar-refractivity contribution in [2.24, 2.45) is 5.92 Å². The predicted octanol–water partition coefficient (Wildman–Crippen LogP) is 2.03. The SMILES string of the molecule is COc1cccc(CCN(C)C2CC(C(=O)O)C2)c1. The minimum atomic E-state index is -0.655. The van der Waals surface area contributed by atoms with Crippen LogP contribution in [0.4, 0.5) is 0 Å². The molecular formula is C15H21NO3. The molecule has 0 spiro atoms. The Morgan fingerprint density at radius 1 is 1.47 bits per heavy atom. The summed E-state index contributed by atoms with van der Waals surface area (Å²) in [6.07, 6.45) is 2.52. The van der Waals surface area contributed by atoms with E-state index >= 15 is 0 Å². The summed E-state index contributed by atoms with van der Waals surface area (Å²) in [4.78, 5) is 13.0. The van der Waals surface area contributed by atoms with Crippen molar-refractivity contribution in [2.45, 2.75) is 25.3 Å². The van der Waals surface area contributed by atoms with Crippen LogP contribution in [0.15, 0.2) is 24.3 Å². The number of carbonyl (C=O) groups is 1. The third kappa shape index (κ3) is 3.47. The van der Waals surface area contributed by atoms with Gasteiger partial charge in [0.25, 0.3) is 0 Å². The first kappa shape index (κ1) is 13.9. The minimum absolute atomic E-state index is 0.135. The summed E-state index contributed by atoms with van der Waals surface area (Å²) in [6.45, 7) is 0.949. The van der Waals surface area contributed by atoms with Crippen molar-refractivity contribution in [3.63, 3.8) is 0 Å². The fourth-order valence-electron chi connectivity index (χ4n) is 2.47. The molecule has 0 bridgehead atoms. The van der Waals surface area contributed by atoms with Gasteiger partial charge in [-0.15, -0.1) is 0 Å². The molecule has 104 valence electrons. The molecule has 1 N–H and O–H groups in total. The molecule has 1 aliphatic carbocycles. The van der Waals surface area contributed by atoms with Gasteiger partial charge in [0, 0.05) is 12.6 Å². The van der Waals surface area contributed by atoms with Gasteiger partial charge in [0.1, 0.15) is 5.75 Å². The summed E-state index contributed by atoms with van der Waals surface area (Å²) >= 11 is 0. The van der Waals surface area contributed by atoms with E-state index in [4.69, 9.17) is 9.84 Å². The van der Waals surface area contributed by atoms with E-state index in [0.29, 0.717) is 6.04 Å². The monoisotopic (exact) mass is 263 g/mol. The lowest BCUT2D eigenvalue weighted by Crippen LogP contribution is -2.45. The van der Waals surface area contributed by atoms with Crippen molar-refractivity contribution in [1.82, 2.24) is 4.90 Å². The van der Waals surface area contributed by atoms with Gasteiger partial charge in [-0.05, 0) is 44.0 Å². The molecule has 0 atom stereocenters. The van der Waals surface area contributed by atoms with E-state index in [-0.39, 0.29) is 5.92 Å². The molecule has 1 fully saturated rings. The molecule has 1 aromatic carbocycles. The quantitative estimate of drug-likeness (QED) is 0.853. The van der Waals surface area contributed by atoms with Gasteiger partial charge in [-0.25, -0.2) is 0 Å². The first-order valence-corrected chi connectivity index (χ1v) is 6.66. The summed E-state index contributed by atoms with van der Waals surface area (Å²) in [7, 11) is 3.74. The molecule has 0 aromatic heterocycles. The van der Waals surface area contributed by atoms with Crippen LogP contribution < -0.4 is 4.74 Å². The molecule has 4 nitrogen and oxygen atoms in total. The van der Waals surface area contributed by atoms with Crippen molar-refractivity contribution in [3.8, 4) is 5.75 Å². The molecule has 19 heavy (non-hydrogen) atoms. The topological polar surface area (TPSA) is 49.8 Å². The molecule has 0 saturated heterocycles. The highest BCUT2D eigenvalue weighted by Crippen LogP contribution is 2.31. The van der Waals surface area contributed by atoms with Gasteiger partial charge < -0.3 is 14.7 Å². The van der Waals surface area contributed by atoms with Crippen molar-refractivity contribution >= 4 is 5.97 Å². The maximum absolute atomic E-state index is 10.8. The Hall–Kier alpha value is -1.55. The molecule has 1 aliphatic rings. The highest BCUT2D eigenvalue weighted by molar-refractivity contribution is 5.71. The summed E-state index contributed by atoms with van der Waals surface area (Å²) in [5, 5.41) is 8.87. The lowest BCUT2D eigenvalue weighted by atomic mass is 9.79. The van der Waals surface area contributed by atoms with E-state index in [1.165, 1.54) is 5.56 Å². The van der Waals surface area contributed by atoms with E-state index < -0.39 is 5.97 Å². The number of hydrogen-bond donors (Lipinski definition) is 1. The van der Waals surface area contributed by atoms with Crippen molar-refractivity contribution < 1.29 is 14.6 Å². The van der Waals surface area contributed by atoms with Gasteiger partial charge in [0.15, 0.2) is 0 Å². The maximum Gasteiger partial charge on any atom is 0.306 e. The van der Waals surface area contributed by atoms with Crippen LogP contribution >= 0.6 is 0 Å². The number of rotatable bonds is 6. The fourth-order valence-corrected chi connectivity index (χ4v) is 2.47. The lowest BCUT2D eigenvalue weighted by molar-refractivity contribution is -0.146. The van der Waals surface area contributed by atoms with Gasteiger partial charge in [-0.2, -0.15) is 0 Å². The number of carboxylic acids is 1. The molecule has 0 radical (unpaired) electrons. The summed E-state index contributed by atoms with van der Waals surface area (Å²) in [5.41, 5.74) is 1.25. The number of benzene rings is 1. The number of ether oxygens (including phenoxy) is 1. The Bertz CT molecular complexity index is 441. The van der Waals surface area contributed by atoms with Crippen LogP contribution in [0.2, 0.25) is 0 Å². The van der Waals surface area contributed by atoms with Crippen LogP contribution in [-0.2, 0) is 11.2 Å². The Morgan fingerprint density at radius 2 is 2.21 bits per heavy atom. The molecular weight excluding hydrogens is 242 g/mol. The van der Waals surface area contributed by atoms with Gasteiger partial charge in [-0.3, -0.25) is 4.79 Å². The number of hydrogen-bond acceptors (Lipinski definition) is 3. The predicted molar refractivity (Wildman–Crippen MR) is 73.5 cm³/mol. The Morgan fingerprint density at radius 3 is 2.84 bits per heavy atom. The molecule has 0 heterocycles. The van der Waals surface area contributed by atoms with E-state index in [1.807, 2.05) is 12.1 Å². The second-order valence-corrected chi connectivity index (χ2v) is 5.24. The van der Waals surface area contributed by atoms with Crippen LogP contribution in [0, 0.1) is 5.92 Å². The van der Waals surface area contributed by atoms with Crippen LogP contribution in [0.1, 0.15) is 18.4 Å². The number of nitrogens with zero attached hydrogens (tertiary/aromatic N) is 1. The van der Waals surface area contributed by atoms with Gasteiger partial charge in [-0.1, -0.05) is 12.1 Å². The van der Waals surface area contributed by atoms with Crippen LogP contribution in [0.25, 0.3) is 0 Å². The Kier molecular flexibility index (Phi) is 4.43. The van der Waals surface area contributed by atoms with Gasteiger partial charge >= 0.3 is 5.97 Å². The highest BCUT2D eigenvalue weighted by atomic mass is 16.5. The molecule has 1 aromatic rings. The van der Waals surface area contributed by atoms with E-state index in [2.05, 4.69) is 24.1 Å². The maximum atomic E-state index is 10.8. The molecule has 2 rings (SSSR count). The number of methoxy groups -OCH3 is 1. The van der Waals surface area contributed by atoms with Crippen LogP contribution in [0.5, 0.6) is 5.75 Å². The van der Waals surface area contributed by atoms with Crippen LogP contribution in [-0.4, -0.2) is 42.7 Å². The fraction of sp³-hybridized carbons (Fsp3) is 0.533. The first-order chi connectivity index (χ1) is 9.10. The average Bonchev–Trinajstić information content (AvgIpc) is 2.34. The van der Waals surface area contributed by atoms with Crippen molar-refractivity contribution in [3.05, 3.63) is 29.8 Å². The average molecular weight is 263 g/mol. The summed E-state index contributed by atoms with van der Waals surface area (Å²) in [6, 6.07) is 8.51. The smallest absolute Gasteiger partial charge is 0.306 e. The third-order valence-corrected chi connectivity index (χ3v) is 3.97. The first-order valence-electron chi connectivity index (χ1n) is 6.66. The summed E-state index contributed by atoms with van der Waals surface area (Å²) in [5.74, 6) is 0.0939. The van der Waals surface area contributed by atoms with E-state index in [9.17, 15) is 4.79 Å². The Balaban J connectivity index is 1.77. The van der Waals surface area contributed by atoms with Gasteiger partial charge in [0.2, 0.25) is 0 Å². The van der Waals surface area contributed by atoms with Crippen molar-refractivity contribution in [2.75, 3.05) is 20.7 Å². The molecule has 1 saturated carbocycles. The summed E-state index contributed by atoms with van der Waals surface area (Å²) < 4.78 is 5.20. The standard InChI is InChI=1S/C15H21NO3/c1-16(13-9-12(10-13)15(17)18)7-6-11-4-3-5-14(8-11)19-2/h3-5,8,12-13H,6-7,9-10H2,1-2H3,(H,17,18). The second kappa shape index (κ2) is 6.06. The van der Waals surface area contributed by atoms with Crippen LogP contribution in [0.3, 0.4) is 0 Å². The van der Waals surface area contributed by atoms with Gasteiger partial charge in [0.05, 0.1) is 13.0 Å². The van der Waals surface area contributed by atoms with E-state index in [0.717, 1.165) is 31.6 Å². The minimum Gasteiger partial charge on any atom is -0.497 e. The zero-order valence-corrected chi connectivity index (χ0v) is 11.5. The zero-order valence-electron chi connectivity index (χ0n) is 11.5. The number of carboxylic acid groups (broad SMARTS) is 1. The lowest BCUT2D eigenvalue weighted by Gasteiger charge is -2.39. The van der Waals surface area contributed by atoms with Crippen molar-refractivity contribution in [1.29, 1.82) is 0 Å². The normalized spacial score (nSPS) is 22.1. The molecule has 0 unspecified atom stereocenters. The van der Waals surface area contributed by atoms with E-state index in [1.54, 1.807) is 7.11 Å². The molecule has 0 amide bonds. The largest absolute Gasteiger partial charge is 0.497 e. The third-order valence-electron chi connectivity index (χ3n) is 3.97. The number of likely N-dealkylation sites (N-methyl/N-ethyl adjacent to an activating group) is 1. The highest BCUT2D eigenvalue weighted by Gasteiger charge is 2.36. The molecule has 4 heteroatoms. The number of aliphatic carboxylic acids is 1.